The molecule has 0 unspecified atom stereocenters. The SMILES string of the molecule is CC(=O)Nc1ccc(SNc2ccccn2)cc1. The predicted molar refractivity (Wildman–Crippen MR) is 74.5 cm³/mol. The van der Waals surface area contributed by atoms with Crippen molar-refractivity contribution in [3.05, 3.63) is 48.7 Å². The fourth-order valence-electron chi connectivity index (χ4n) is 1.34. The second-order valence-corrected chi connectivity index (χ2v) is 4.50. The quantitative estimate of drug-likeness (QED) is 0.828. The molecular weight excluding hydrogens is 246 g/mol. The molecule has 0 spiro atoms. The van der Waals surface area contributed by atoms with Gasteiger partial charge in [-0.15, -0.1) is 0 Å². The van der Waals surface area contributed by atoms with E-state index in [1.54, 1.807) is 6.20 Å². The zero-order valence-electron chi connectivity index (χ0n) is 9.88. The summed E-state index contributed by atoms with van der Waals surface area (Å²) in [7, 11) is 0. The van der Waals surface area contributed by atoms with Crippen LogP contribution in [0.2, 0.25) is 0 Å². The van der Waals surface area contributed by atoms with Crippen LogP contribution in [0.15, 0.2) is 53.6 Å². The first-order chi connectivity index (χ1) is 8.74. The van der Waals surface area contributed by atoms with Crippen LogP contribution in [0, 0.1) is 0 Å². The standard InChI is InChI=1S/C13H13N3OS/c1-10(17)15-11-5-7-12(8-6-11)18-16-13-4-2-3-9-14-13/h2-9H,1H3,(H,14,16)(H,15,17). The molecule has 4 nitrogen and oxygen atoms in total. The van der Waals surface area contributed by atoms with Crippen LogP contribution in [0.1, 0.15) is 6.92 Å². The number of amides is 1. The second kappa shape index (κ2) is 6.07. The molecule has 2 N–H and O–H groups in total. The molecule has 1 heterocycles. The predicted octanol–water partition coefficient (Wildman–Crippen LogP) is 3.16. The van der Waals surface area contributed by atoms with Gasteiger partial charge < -0.3 is 10.0 Å². The Morgan fingerprint density at radius 2 is 1.94 bits per heavy atom. The van der Waals surface area contributed by atoms with Crippen LogP contribution in [0.25, 0.3) is 0 Å². The Morgan fingerprint density at radius 3 is 2.56 bits per heavy atom. The van der Waals surface area contributed by atoms with Crippen molar-refractivity contribution in [2.24, 2.45) is 0 Å². The summed E-state index contributed by atoms with van der Waals surface area (Å²) < 4.78 is 3.14. The molecule has 92 valence electrons. The Hall–Kier alpha value is -2.01. The number of anilines is 2. The van der Waals surface area contributed by atoms with Gasteiger partial charge in [-0.3, -0.25) is 4.79 Å². The maximum absolute atomic E-state index is 10.9. The minimum absolute atomic E-state index is 0.0676. The van der Waals surface area contributed by atoms with Gasteiger partial charge >= 0.3 is 0 Å². The van der Waals surface area contributed by atoms with Crippen LogP contribution in [0.4, 0.5) is 11.5 Å². The molecule has 0 aliphatic heterocycles. The molecule has 1 aromatic carbocycles. The number of nitrogens with one attached hydrogen (secondary N) is 2. The van der Waals surface area contributed by atoms with Gasteiger partial charge in [0.15, 0.2) is 0 Å². The zero-order chi connectivity index (χ0) is 12.8. The van der Waals surface area contributed by atoms with Crippen molar-refractivity contribution in [3.63, 3.8) is 0 Å². The van der Waals surface area contributed by atoms with Gasteiger partial charge in [-0.25, -0.2) is 4.98 Å². The van der Waals surface area contributed by atoms with Crippen molar-refractivity contribution in [2.45, 2.75) is 11.8 Å². The average molecular weight is 259 g/mol. The van der Waals surface area contributed by atoms with E-state index in [-0.39, 0.29) is 5.91 Å². The van der Waals surface area contributed by atoms with Crippen molar-refractivity contribution in [3.8, 4) is 0 Å². The van der Waals surface area contributed by atoms with Gasteiger partial charge in [-0.05, 0) is 48.3 Å². The third-order valence-electron chi connectivity index (χ3n) is 2.11. The number of carbonyl (C=O) groups is 1. The molecule has 5 heteroatoms. The molecule has 0 aliphatic rings. The average Bonchev–Trinajstić information content (AvgIpc) is 2.38. The largest absolute Gasteiger partial charge is 0.326 e. The monoisotopic (exact) mass is 259 g/mol. The van der Waals surface area contributed by atoms with Crippen LogP contribution in [-0.2, 0) is 4.79 Å². The first-order valence-electron chi connectivity index (χ1n) is 5.45. The van der Waals surface area contributed by atoms with Crippen LogP contribution < -0.4 is 10.0 Å². The summed E-state index contributed by atoms with van der Waals surface area (Å²) in [5.74, 6) is 0.746. The van der Waals surface area contributed by atoms with E-state index in [1.165, 1.54) is 18.9 Å². The summed E-state index contributed by atoms with van der Waals surface area (Å²) in [5, 5.41) is 2.72. The first-order valence-corrected chi connectivity index (χ1v) is 6.27. The Kier molecular flexibility index (Phi) is 4.20. The van der Waals surface area contributed by atoms with Crippen LogP contribution in [0.5, 0.6) is 0 Å². The Morgan fingerprint density at radius 1 is 1.17 bits per heavy atom. The van der Waals surface area contributed by atoms with Gasteiger partial charge in [0.05, 0.1) is 0 Å². The molecule has 1 amide bonds. The molecule has 0 saturated carbocycles. The normalized spacial score (nSPS) is 9.83. The van der Waals surface area contributed by atoms with Crippen molar-refractivity contribution < 1.29 is 4.79 Å². The highest BCUT2D eigenvalue weighted by atomic mass is 32.2. The van der Waals surface area contributed by atoms with E-state index < -0.39 is 0 Å². The molecule has 1 aromatic heterocycles. The van der Waals surface area contributed by atoms with Gasteiger partial charge in [-0.1, -0.05) is 6.07 Å². The summed E-state index contributed by atoms with van der Waals surface area (Å²) in [5.41, 5.74) is 0.796. The number of pyridine rings is 1. The minimum atomic E-state index is -0.0676. The highest BCUT2D eigenvalue weighted by Crippen LogP contribution is 2.21. The zero-order valence-corrected chi connectivity index (χ0v) is 10.7. The van der Waals surface area contributed by atoms with E-state index in [4.69, 9.17) is 0 Å². The van der Waals surface area contributed by atoms with Gasteiger partial charge in [0.1, 0.15) is 5.82 Å². The van der Waals surface area contributed by atoms with Crippen molar-refractivity contribution >= 4 is 29.4 Å². The Bertz CT molecular complexity index is 514. The number of benzene rings is 1. The first kappa shape index (κ1) is 12.4. The van der Waals surface area contributed by atoms with E-state index in [0.29, 0.717) is 0 Å². The van der Waals surface area contributed by atoms with Crippen molar-refractivity contribution in [1.29, 1.82) is 0 Å². The molecule has 0 fully saturated rings. The summed E-state index contributed by atoms with van der Waals surface area (Å²) in [4.78, 5) is 16.1. The van der Waals surface area contributed by atoms with Gasteiger partial charge in [0.2, 0.25) is 5.91 Å². The van der Waals surface area contributed by atoms with Crippen LogP contribution in [-0.4, -0.2) is 10.9 Å². The smallest absolute Gasteiger partial charge is 0.221 e. The fraction of sp³-hybridized carbons (Fsp3) is 0.0769. The summed E-state index contributed by atoms with van der Waals surface area (Å²) in [6, 6.07) is 13.3. The lowest BCUT2D eigenvalue weighted by Gasteiger charge is -2.05. The molecule has 2 rings (SSSR count). The highest BCUT2D eigenvalue weighted by molar-refractivity contribution is 8.00. The lowest BCUT2D eigenvalue weighted by molar-refractivity contribution is -0.114. The Balaban J connectivity index is 1.92. The molecule has 2 aromatic rings. The minimum Gasteiger partial charge on any atom is -0.326 e. The van der Waals surface area contributed by atoms with Crippen LogP contribution in [0.3, 0.4) is 0 Å². The molecular formula is C13H13N3OS. The molecule has 0 aliphatic carbocycles. The van der Waals surface area contributed by atoms with E-state index in [9.17, 15) is 4.79 Å². The number of carbonyl (C=O) groups excluding carboxylic acids is 1. The van der Waals surface area contributed by atoms with Crippen LogP contribution >= 0.6 is 11.9 Å². The summed E-state index contributed by atoms with van der Waals surface area (Å²) in [6.07, 6.45) is 1.74. The maximum atomic E-state index is 10.9. The molecule has 0 bridgehead atoms. The third kappa shape index (κ3) is 3.78. The summed E-state index contributed by atoms with van der Waals surface area (Å²) in [6.45, 7) is 1.49. The lowest BCUT2D eigenvalue weighted by Crippen LogP contribution is -2.05. The molecule has 18 heavy (non-hydrogen) atoms. The van der Waals surface area contributed by atoms with Crippen molar-refractivity contribution in [2.75, 3.05) is 10.0 Å². The van der Waals surface area contributed by atoms with E-state index >= 15 is 0 Å². The van der Waals surface area contributed by atoms with E-state index in [1.807, 2.05) is 42.5 Å². The topological polar surface area (TPSA) is 54.0 Å². The van der Waals surface area contributed by atoms with E-state index in [2.05, 4.69) is 15.0 Å². The Labute approximate surface area is 110 Å². The van der Waals surface area contributed by atoms with Gasteiger partial charge in [-0.2, -0.15) is 0 Å². The lowest BCUT2D eigenvalue weighted by atomic mass is 10.3. The van der Waals surface area contributed by atoms with Gasteiger partial charge in [0, 0.05) is 23.7 Å². The second-order valence-electron chi connectivity index (χ2n) is 3.62. The fourth-order valence-corrected chi connectivity index (χ4v) is 1.96. The maximum Gasteiger partial charge on any atom is 0.221 e. The molecule has 0 atom stereocenters. The number of hydrogen-bond donors (Lipinski definition) is 2. The number of rotatable bonds is 4. The highest BCUT2D eigenvalue weighted by Gasteiger charge is 1.98. The molecule has 0 radical (unpaired) electrons. The molecule has 0 saturated heterocycles. The van der Waals surface area contributed by atoms with Crippen molar-refractivity contribution in [1.82, 2.24) is 4.98 Å². The van der Waals surface area contributed by atoms with E-state index in [0.717, 1.165) is 16.4 Å². The van der Waals surface area contributed by atoms with Gasteiger partial charge in [0.25, 0.3) is 0 Å². The number of nitrogens with zero attached hydrogens (tertiary/aromatic N) is 1. The summed E-state index contributed by atoms with van der Waals surface area (Å²) >= 11 is 1.48. The third-order valence-corrected chi connectivity index (χ3v) is 2.93. The number of aromatic nitrogens is 1. The number of hydrogen-bond acceptors (Lipinski definition) is 4.